The van der Waals surface area contributed by atoms with Gasteiger partial charge in [0.2, 0.25) is 5.91 Å². The first kappa shape index (κ1) is 13.3. The zero-order valence-corrected chi connectivity index (χ0v) is 12.0. The van der Waals surface area contributed by atoms with Gasteiger partial charge in [0.25, 0.3) is 0 Å². The maximum Gasteiger partial charge on any atom is 0.236 e. The average Bonchev–Trinajstić information content (AvgIpc) is 2.40. The van der Waals surface area contributed by atoms with Crippen LogP contribution in [0.4, 0.5) is 5.82 Å². The van der Waals surface area contributed by atoms with Crippen LogP contribution >= 0.6 is 15.9 Å². The monoisotopic (exact) mass is 312 g/mol. The largest absolute Gasteiger partial charge is 0.353 e. The first-order valence-corrected chi connectivity index (χ1v) is 6.79. The molecule has 6 heteroatoms. The Morgan fingerprint density at radius 3 is 2.67 bits per heavy atom. The topological polar surface area (TPSA) is 48.5 Å². The molecule has 1 aliphatic rings. The van der Waals surface area contributed by atoms with E-state index in [1.165, 1.54) is 0 Å². The minimum Gasteiger partial charge on any atom is -0.353 e. The third-order valence-electron chi connectivity index (χ3n) is 3.00. The van der Waals surface area contributed by atoms with Gasteiger partial charge in [-0.1, -0.05) is 0 Å². The molecule has 1 aromatic heterocycles. The van der Waals surface area contributed by atoms with Crippen LogP contribution in [0.1, 0.15) is 0 Å². The summed E-state index contributed by atoms with van der Waals surface area (Å²) in [7, 11) is 1.79. The Bertz CT molecular complexity index is 401. The van der Waals surface area contributed by atoms with E-state index in [0.29, 0.717) is 6.54 Å². The fraction of sp³-hybridized carbons (Fsp3) is 0.500. The fourth-order valence-electron chi connectivity index (χ4n) is 2.00. The summed E-state index contributed by atoms with van der Waals surface area (Å²) in [6, 6.07) is 3.98. The van der Waals surface area contributed by atoms with Crippen LogP contribution in [-0.4, -0.2) is 55.6 Å². The van der Waals surface area contributed by atoms with Gasteiger partial charge in [-0.3, -0.25) is 4.79 Å². The van der Waals surface area contributed by atoms with Gasteiger partial charge >= 0.3 is 0 Å². The van der Waals surface area contributed by atoms with Crippen LogP contribution in [0, 0.1) is 0 Å². The molecule has 1 fully saturated rings. The summed E-state index contributed by atoms with van der Waals surface area (Å²) in [6.45, 7) is 3.61. The second kappa shape index (κ2) is 6.15. The van der Waals surface area contributed by atoms with E-state index in [1.54, 1.807) is 13.2 Å². The summed E-state index contributed by atoms with van der Waals surface area (Å²) in [6.07, 6.45) is 1.80. The zero-order valence-electron chi connectivity index (χ0n) is 10.4. The van der Waals surface area contributed by atoms with Crippen molar-refractivity contribution in [1.29, 1.82) is 0 Å². The quantitative estimate of drug-likeness (QED) is 0.893. The maximum absolute atomic E-state index is 11.7. The highest BCUT2D eigenvalue weighted by Gasteiger charge is 2.20. The summed E-state index contributed by atoms with van der Waals surface area (Å²) >= 11 is 3.37. The van der Waals surface area contributed by atoms with Gasteiger partial charge in [-0.2, -0.15) is 0 Å². The summed E-state index contributed by atoms with van der Waals surface area (Å²) in [5.41, 5.74) is 0. The lowest BCUT2D eigenvalue weighted by Gasteiger charge is -2.35. The van der Waals surface area contributed by atoms with Gasteiger partial charge < -0.3 is 15.1 Å². The lowest BCUT2D eigenvalue weighted by Crippen LogP contribution is -2.50. The lowest BCUT2D eigenvalue weighted by molar-refractivity contribution is -0.130. The molecular weight excluding hydrogens is 296 g/mol. The second-order valence-electron chi connectivity index (χ2n) is 4.23. The number of aromatic nitrogens is 1. The number of amides is 1. The molecule has 2 rings (SSSR count). The number of hydrogen-bond donors (Lipinski definition) is 1. The molecule has 0 bridgehead atoms. The fourth-order valence-corrected chi connectivity index (χ4v) is 2.24. The molecule has 0 atom stereocenters. The normalized spacial score (nSPS) is 15.9. The van der Waals surface area contributed by atoms with Gasteiger partial charge in [0.05, 0.1) is 6.54 Å². The Labute approximate surface area is 115 Å². The first-order valence-electron chi connectivity index (χ1n) is 5.99. The Morgan fingerprint density at radius 2 is 2.11 bits per heavy atom. The van der Waals surface area contributed by atoms with Gasteiger partial charge in [0, 0.05) is 36.8 Å². The molecule has 0 radical (unpaired) electrons. The van der Waals surface area contributed by atoms with E-state index in [-0.39, 0.29) is 5.91 Å². The van der Waals surface area contributed by atoms with Crippen molar-refractivity contribution in [3.05, 3.63) is 22.8 Å². The molecule has 0 spiro atoms. The molecule has 0 unspecified atom stereocenters. The smallest absolute Gasteiger partial charge is 0.236 e. The number of likely N-dealkylation sites (N-methyl/N-ethyl adjacent to an activating group) is 1. The molecule has 1 N–H and O–H groups in total. The Hall–Kier alpha value is -1.14. The number of carbonyl (C=O) groups excluding carboxylic acids is 1. The van der Waals surface area contributed by atoms with Crippen molar-refractivity contribution < 1.29 is 4.79 Å². The molecule has 0 aromatic carbocycles. The molecule has 0 saturated carbocycles. The summed E-state index contributed by atoms with van der Waals surface area (Å²) in [5.74, 6) is 1.14. The Kier molecular flexibility index (Phi) is 4.54. The molecule has 0 aliphatic carbocycles. The third-order valence-corrected chi connectivity index (χ3v) is 3.47. The van der Waals surface area contributed by atoms with E-state index in [1.807, 2.05) is 17.0 Å². The number of piperazine rings is 1. The molecule has 1 amide bonds. The third kappa shape index (κ3) is 3.20. The zero-order chi connectivity index (χ0) is 13.0. The maximum atomic E-state index is 11.7. The highest BCUT2D eigenvalue weighted by atomic mass is 79.9. The molecule has 1 aliphatic heterocycles. The van der Waals surface area contributed by atoms with E-state index in [0.717, 1.165) is 36.5 Å². The van der Waals surface area contributed by atoms with Crippen molar-refractivity contribution in [1.82, 2.24) is 15.2 Å². The SMILES string of the molecule is CNCC(=O)N1CCN(c2ccc(Br)cn2)CC1. The molecule has 5 nitrogen and oxygen atoms in total. The van der Waals surface area contributed by atoms with Crippen molar-refractivity contribution in [3.63, 3.8) is 0 Å². The molecule has 98 valence electrons. The number of nitrogens with zero attached hydrogens (tertiary/aromatic N) is 3. The van der Waals surface area contributed by atoms with Crippen LogP contribution < -0.4 is 10.2 Å². The molecule has 2 heterocycles. The number of carbonyl (C=O) groups is 1. The summed E-state index contributed by atoms with van der Waals surface area (Å²) < 4.78 is 0.981. The van der Waals surface area contributed by atoms with E-state index in [4.69, 9.17) is 0 Å². The standard InChI is InChI=1S/C12H17BrN4O/c1-14-9-12(18)17-6-4-16(5-7-17)11-3-2-10(13)8-15-11/h2-3,8,14H,4-7,9H2,1H3. The molecule has 18 heavy (non-hydrogen) atoms. The van der Waals surface area contributed by atoms with E-state index in [9.17, 15) is 4.79 Å². The number of halogens is 1. The second-order valence-corrected chi connectivity index (χ2v) is 5.15. The Morgan fingerprint density at radius 1 is 1.39 bits per heavy atom. The number of nitrogens with one attached hydrogen (secondary N) is 1. The van der Waals surface area contributed by atoms with Gasteiger partial charge in [0.1, 0.15) is 5.82 Å². The van der Waals surface area contributed by atoms with Gasteiger partial charge in [-0.05, 0) is 35.1 Å². The van der Waals surface area contributed by atoms with Crippen LogP contribution in [-0.2, 0) is 4.79 Å². The number of rotatable bonds is 3. The van der Waals surface area contributed by atoms with Crippen molar-refractivity contribution >= 4 is 27.7 Å². The summed E-state index contributed by atoms with van der Waals surface area (Å²) in [4.78, 5) is 20.2. The van der Waals surface area contributed by atoms with Gasteiger partial charge in [0.15, 0.2) is 0 Å². The minimum absolute atomic E-state index is 0.168. The molecule has 1 aromatic rings. The summed E-state index contributed by atoms with van der Waals surface area (Å²) in [5, 5.41) is 2.89. The van der Waals surface area contributed by atoms with Crippen molar-refractivity contribution in [2.75, 3.05) is 44.7 Å². The highest BCUT2D eigenvalue weighted by Crippen LogP contribution is 2.16. The van der Waals surface area contributed by atoms with Crippen LogP contribution in [0.3, 0.4) is 0 Å². The molecule has 1 saturated heterocycles. The van der Waals surface area contributed by atoms with E-state index >= 15 is 0 Å². The lowest BCUT2D eigenvalue weighted by atomic mass is 10.3. The van der Waals surface area contributed by atoms with Crippen LogP contribution in [0.15, 0.2) is 22.8 Å². The predicted octanol–water partition coefficient (Wildman–Crippen LogP) is 0.712. The minimum atomic E-state index is 0.168. The van der Waals surface area contributed by atoms with Crippen LogP contribution in [0.25, 0.3) is 0 Å². The Balaban J connectivity index is 1.90. The number of hydrogen-bond acceptors (Lipinski definition) is 4. The van der Waals surface area contributed by atoms with Crippen molar-refractivity contribution in [3.8, 4) is 0 Å². The van der Waals surface area contributed by atoms with Crippen LogP contribution in [0.2, 0.25) is 0 Å². The van der Waals surface area contributed by atoms with E-state index in [2.05, 4.69) is 31.1 Å². The number of pyridine rings is 1. The van der Waals surface area contributed by atoms with E-state index < -0.39 is 0 Å². The number of anilines is 1. The first-order chi connectivity index (χ1) is 8.70. The highest BCUT2D eigenvalue weighted by molar-refractivity contribution is 9.10. The van der Waals surface area contributed by atoms with Crippen LogP contribution in [0.5, 0.6) is 0 Å². The predicted molar refractivity (Wildman–Crippen MR) is 74.7 cm³/mol. The van der Waals surface area contributed by atoms with Crippen molar-refractivity contribution in [2.45, 2.75) is 0 Å². The average molecular weight is 313 g/mol. The molecular formula is C12H17BrN4O. The van der Waals surface area contributed by atoms with Crippen molar-refractivity contribution in [2.24, 2.45) is 0 Å². The van der Waals surface area contributed by atoms with Gasteiger partial charge in [-0.25, -0.2) is 4.98 Å². The van der Waals surface area contributed by atoms with Gasteiger partial charge in [-0.15, -0.1) is 0 Å².